The standard InChI is InChI=1S/C15H23N3O/c1-2-9-19-14-7-8-16-15(18-14)17-10-13(11-3-4-11)12-5-6-12/h7-8,11-13H,2-6,9-10H2,1H3,(H,16,17,18). The Kier molecular flexibility index (Phi) is 3.85. The Balaban J connectivity index is 1.53. The monoisotopic (exact) mass is 261 g/mol. The van der Waals surface area contributed by atoms with E-state index in [2.05, 4.69) is 22.2 Å². The van der Waals surface area contributed by atoms with E-state index in [0.29, 0.717) is 18.4 Å². The minimum absolute atomic E-state index is 0.675. The molecule has 1 N–H and O–H groups in total. The highest BCUT2D eigenvalue weighted by Gasteiger charge is 2.41. The lowest BCUT2D eigenvalue weighted by molar-refractivity contribution is 0.305. The summed E-state index contributed by atoms with van der Waals surface area (Å²) in [4.78, 5) is 8.67. The SMILES string of the molecule is CCCOc1ccnc(NCC(C2CC2)C2CC2)n1. The zero-order valence-corrected chi connectivity index (χ0v) is 11.6. The van der Waals surface area contributed by atoms with Gasteiger partial charge in [0.2, 0.25) is 11.8 Å². The average molecular weight is 261 g/mol. The van der Waals surface area contributed by atoms with Crippen LogP contribution < -0.4 is 10.1 Å². The van der Waals surface area contributed by atoms with E-state index in [1.807, 2.05) is 6.07 Å². The van der Waals surface area contributed by atoms with Crippen molar-refractivity contribution < 1.29 is 4.74 Å². The molecule has 2 saturated carbocycles. The van der Waals surface area contributed by atoms with Crippen molar-refractivity contribution in [3.8, 4) is 5.88 Å². The van der Waals surface area contributed by atoms with Gasteiger partial charge >= 0.3 is 0 Å². The van der Waals surface area contributed by atoms with E-state index in [1.54, 1.807) is 6.20 Å². The van der Waals surface area contributed by atoms with E-state index in [-0.39, 0.29) is 0 Å². The molecular weight excluding hydrogens is 238 g/mol. The molecule has 3 rings (SSSR count). The molecule has 1 aromatic heterocycles. The second-order valence-corrected chi connectivity index (χ2v) is 5.79. The van der Waals surface area contributed by atoms with E-state index in [9.17, 15) is 0 Å². The number of rotatable bonds is 8. The van der Waals surface area contributed by atoms with Gasteiger partial charge in [-0.3, -0.25) is 0 Å². The first-order valence-corrected chi connectivity index (χ1v) is 7.56. The number of nitrogens with one attached hydrogen (secondary N) is 1. The van der Waals surface area contributed by atoms with Gasteiger partial charge in [0.25, 0.3) is 0 Å². The van der Waals surface area contributed by atoms with Crippen LogP contribution in [0, 0.1) is 17.8 Å². The van der Waals surface area contributed by atoms with Gasteiger partial charge in [-0.15, -0.1) is 0 Å². The van der Waals surface area contributed by atoms with Crippen molar-refractivity contribution in [3.63, 3.8) is 0 Å². The molecule has 0 saturated heterocycles. The van der Waals surface area contributed by atoms with Crippen molar-refractivity contribution in [3.05, 3.63) is 12.3 Å². The molecule has 0 bridgehead atoms. The summed E-state index contributed by atoms with van der Waals surface area (Å²) in [6.45, 7) is 3.83. The smallest absolute Gasteiger partial charge is 0.225 e. The summed E-state index contributed by atoms with van der Waals surface area (Å²) in [6, 6.07) is 1.82. The van der Waals surface area contributed by atoms with Crippen LogP contribution in [0.25, 0.3) is 0 Å². The summed E-state index contributed by atoms with van der Waals surface area (Å²) in [5.74, 6) is 4.14. The van der Waals surface area contributed by atoms with Crippen molar-refractivity contribution in [1.82, 2.24) is 9.97 Å². The first-order valence-electron chi connectivity index (χ1n) is 7.56. The van der Waals surface area contributed by atoms with Crippen molar-refractivity contribution >= 4 is 5.95 Å². The van der Waals surface area contributed by atoms with Crippen molar-refractivity contribution in [2.45, 2.75) is 39.0 Å². The Labute approximate surface area is 115 Å². The topological polar surface area (TPSA) is 47.0 Å². The van der Waals surface area contributed by atoms with Crippen LogP contribution in [-0.4, -0.2) is 23.1 Å². The fourth-order valence-electron chi connectivity index (χ4n) is 2.69. The summed E-state index contributed by atoms with van der Waals surface area (Å²) in [6.07, 6.45) is 8.45. The largest absolute Gasteiger partial charge is 0.478 e. The zero-order valence-electron chi connectivity index (χ0n) is 11.6. The Morgan fingerprint density at radius 2 is 2.05 bits per heavy atom. The van der Waals surface area contributed by atoms with Crippen LogP contribution in [0.5, 0.6) is 5.88 Å². The maximum Gasteiger partial charge on any atom is 0.225 e. The molecule has 0 aliphatic heterocycles. The predicted octanol–water partition coefficient (Wildman–Crippen LogP) is 3.11. The van der Waals surface area contributed by atoms with Gasteiger partial charge in [0.15, 0.2) is 0 Å². The second-order valence-electron chi connectivity index (χ2n) is 5.79. The first-order chi connectivity index (χ1) is 9.36. The molecule has 0 amide bonds. The molecule has 0 unspecified atom stereocenters. The maximum atomic E-state index is 5.53. The lowest BCUT2D eigenvalue weighted by Gasteiger charge is -2.16. The summed E-state index contributed by atoms with van der Waals surface area (Å²) in [5.41, 5.74) is 0. The molecule has 2 aliphatic carbocycles. The normalized spacial score (nSPS) is 18.6. The number of aromatic nitrogens is 2. The summed E-state index contributed by atoms with van der Waals surface area (Å²) in [7, 11) is 0. The van der Waals surface area contributed by atoms with Gasteiger partial charge in [0.1, 0.15) is 0 Å². The minimum Gasteiger partial charge on any atom is -0.478 e. The van der Waals surface area contributed by atoms with Crippen molar-refractivity contribution in [1.29, 1.82) is 0 Å². The predicted molar refractivity (Wildman–Crippen MR) is 75.2 cm³/mol. The van der Waals surface area contributed by atoms with Gasteiger partial charge in [-0.25, -0.2) is 4.98 Å². The molecule has 0 radical (unpaired) electrons. The van der Waals surface area contributed by atoms with Crippen LogP contribution in [0.3, 0.4) is 0 Å². The second kappa shape index (κ2) is 5.76. The van der Waals surface area contributed by atoms with Gasteiger partial charge < -0.3 is 10.1 Å². The number of ether oxygens (including phenoxy) is 1. The van der Waals surface area contributed by atoms with Gasteiger partial charge in [-0.2, -0.15) is 4.98 Å². The Hall–Kier alpha value is -1.32. The average Bonchev–Trinajstić information content (AvgIpc) is 3.29. The molecule has 19 heavy (non-hydrogen) atoms. The lowest BCUT2D eigenvalue weighted by Crippen LogP contribution is -2.19. The van der Waals surface area contributed by atoms with Crippen LogP contribution in [0.4, 0.5) is 5.95 Å². The van der Waals surface area contributed by atoms with Crippen LogP contribution in [0.2, 0.25) is 0 Å². The fourth-order valence-corrected chi connectivity index (χ4v) is 2.69. The molecule has 4 heteroatoms. The molecule has 2 fully saturated rings. The van der Waals surface area contributed by atoms with Crippen molar-refractivity contribution in [2.24, 2.45) is 17.8 Å². The van der Waals surface area contributed by atoms with E-state index in [4.69, 9.17) is 4.74 Å². The Morgan fingerprint density at radius 1 is 1.32 bits per heavy atom. The van der Waals surface area contributed by atoms with E-state index in [0.717, 1.165) is 30.7 Å². The highest BCUT2D eigenvalue weighted by molar-refractivity contribution is 5.27. The highest BCUT2D eigenvalue weighted by Crippen LogP contribution is 2.49. The third-order valence-electron chi connectivity index (χ3n) is 4.03. The Morgan fingerprint density at radius 3 is 2.68 bits per heavy atom. The molecule has 0 aromatic carbocycles. The molecule has 0 atom stereocenters. The van der Waals surface area contributed by atoms with Gasteiger partial charge in [0, 0.05) is 18.8 Å². The molecule has 4 nitrogen and oxygen atoms in total. The molecule has 1 heterocycles. The highest BCUT2D eigenvalue weighted by atomic mass is 16.5. The molecule has 1 aromatic rings. The quantitative estimate of drug-likeness (QED) is 0.781. The van der Waals surface area contributed by atoms with Crippen LogP contribution in [0.1, 0.15) is 39.0 Å². The van der Waals surface area contributed by atoms with E-state index in [1.165, 1.54) is 25.7 Å². The third kappa shape index (κ3) is 3.58. The first kappa shape index (κ1) is 12.7. The molecule has 0 spiro atoms. The van der Waals surface area contributed by atoms with Crippen LogP contribution in [0.15, 0.2) is 12.3 Å². The van der Waals surface area contributed by atoms with Gasteiger partial charge in [-0.05, 0) is 49.9 Å². The third-order valence-corrected chi connectivity index (χ3v) is 4.03. The maximum absolute atomic E-state index is 5.53. The minimum atomic E-state index is 0.675. The Bertz CT molecular complexity index is 404. The molecule has 104 valence electrons. The lowest BCUT2D eigenvalue weighted by atomic mass is 9.98. The number of nitrogens with zero attached hydrogens (tertiary/aromatic N) is 2. The van der Waals surface area contributed by atoms with Crippen LogP contribution >= 0.6 is 0 Å². The number of anilines is 1. The molecular formula is C15H23N3O. The summed E-state index contributed by atoms with van der Waals surface area (Å²) < 4.78 is 5.53. The zero-order chi connectivity index (χ0) is 13.1. The van der Waals surface area contributed by atoms with Gasteiger partial charge in [-0.1, -0.05) is 6.92 Å². The van der Waals surface area contributed by atoms with Crippen molar-refractivity contribution in [2.75, 3.05) is 18.5 Å². The number of hydrogen-bond acceptors (Lipinski definition) is 4. The van der Waals surface area contributed by atoms with E-state index >= 15 is 0 Å². The fraction of sp³-hybridized carbons (Fsp3) is 0.733. The van der Waals surface area contributed by atoms with Crippen LogP contribution in [-0.2, 0) is 0 Å². The number of hydrogen-bond donors (Lipinski definition) is 1. The van der Waals surface area contributed by atoms with E-state index < -0.39 is 0 Å². The molecule has 2 aliphatic rings. The van der Waals surface area contributed by atoms with Gasteiger partial charge in [0.05, 0.1) is 6.61 Å². The summed E-state index contributed by atoms with van der Waals surface area (Å²) >= 11 is 0. The summed E-state index contributed by atoms with van der Waals surface area (Å²) in [5, 5.41) is 3.40.